The first-order valence-corrected chi connectivity index (χ1v) is 21.9. The number of hydrogen-bond donors (Lipinski definition) is 0. The lowest BCUT2D eigenvalue weighted by molar-refractivity contribution is 0.332. The minimum Gasteiger partial charge on any atom is -0.334 e. The SMILES string of the molecule is CC1(C)c2ccc(-c3ccc4c(c3)c3c5ccccc5ccc3n4-c3cc(-c4ccccc4)nc(-c4ccc(-c5ccccc5)cc4)n3)cc2N(c2ccccc2)C2C=CC=CC21. The Hall–Kier alpha value is -7.82. The van der Waals surface area contributed by atoms with Gasteiger partial charge < -0.3 is 4.90 Å². The number of fused-ring (bicyclic) bond motifs is 7. The van der Waals surface area contributed by atoms with Crippen molar-refractivity contribution < 1.29 is 0 Å². The zero-order valence-electron chi connectivity index (χ0n) is 35.2. The van der Waals surface area contributed by atoms with E-state index in [9.17, 15) is 0 Å². The van der Waals surface area contributed by atoms with Crippen molar-refractivity contribution >= 4 is 44.0 Å². The Balaban J connectivity index is 1.06. The molecular formula is C59H44N4. The van der Waals surface area contributed by atoms with Crippen molar-refractivity contribution in [3.8, 4) is 50.7 Å². The van der Waals surface area contributed by atoms with Gasteiger partial charge in [0.15, 0.2) is 5.82 Å². The summed E-state index contributed by atoms with van der Waals surface area (Å²) < 4.78 is 2.34. The fraction of sp³-hybridized carbons (Fsp3) is 0.0847. The molecule has 2 atom stereocenters. The predicted molar refractivity (Wildman–Crippen MR) is 263 cm³/mol. The van der Waals surface area contributed by atoms with Gasteiger partial charge in [0.25, 0.3) is 0 Å². The van der Waals surface area contributed by atoms with Gasteiger partial charge in [0, 0.05) is 50.7 Å². The third-order valence-corrected chi connectivity index (χ3v) is 13.5. The molecule has 2 aliphatic rings. The number of benzene rings is 8. The lowest BCUT2D eigenvalue weighted by Crippen LogP contribution is -2.49. The molecule has 0 saturated carbocycles. The van der Waals surface area contributed by atoms with Crippen LogP contribution in [0, 0.1) is 5.92 Å². The highest BCUT2D eigenvalue weighted by Gasteiger charge is 2.45. The molecule has 1 aliphatic heterocycles. The van der Waals surface area contributed by atoms with E-state index in [1.165, 1.54) is 55.2 Å². The van der Waals surface area contributed by atoms with Gasteiger partial charge in [-0.3, -0.25) is 4.57 Å². The molecule has 4 nitrogen and oxygen atoms in total. The van der Waals surface area contributed by atoms with E-state index in [0.29, 0.717) is 11.7 Å². The van der Waals surface area contributed by atoms with E-state index in [2.05, 4.69) is 236 Å². The largest absolute Gasteiger partial charge is 0.334 e. The fourth-order valence-electron chi connectivity index (χ4n) is 10.3. The molecule has 300 valence electrons. The quantitative estimate of drug-likeness (QED) is 0.168. The van der Waals surface area contributed by atoms with Crippen LogP contribution in [0.3, 0.4) is 0 Å². The molecule has 3 heterocycles. The first kappa shape index (κ1) is 37.0. The van der Waals surface area contributed by atoms with Crippen molar-refractivity contribution in [1.29, 1.82) is 0 Å². The monoisotopic (exact) mass is 808 g/mol. The zero-order chi connectivity index (χ0) is 42.1. The van der Waals surface area contributed by atoms with Crippen LogP contribution < -0.4 is 4.90 Å². The Morgan fingerprint density at radius 3 is 1.89 bits per heavy atom. The minimum atomic E-state index is -0.0553. The molecule has 0 bridgehead atoms. The second-order valence-corrected chi connectivity index (χ2v) is 17.4. The molecule has 0 amide bonds. The highest BCUT2D eigenvalue weighted by molar-refractivity contribution is 6.21. The Morgan fingerprint density at radius 1 is 0.476 bits per heavy atom. The summed E-state index contributed by atoms with van der Waals surface area (Å²) in [5, 5.41) is 4.83. The molecule has 0 radical (unpaired) electrons. The van der Waals surface area contributed by atoms with Crippen LogP contribution >= 0.6 is 0 Å². The third kappa shape index (κ3) is 6.13. The predicted octanol–water partition coefficient (Wildman–Crippen LogP) is 14.9. The minimum absolute atomic E-state index is 0.0553. The van der Waals surface area contributed by atoms with E-state index in [1.807, 2.05) is 6.07 Å². The molecule has 0 spiro atoms. The number of allylic oxidation sites excluding steroid dienone is 2. The molecule has 4 heteroatoms. The standard InChI is InChI=1S/C59H44N4/c1-59(2)49-24-14-15-25-53(49)62(46-21-10-5-11-22-46)55-37-45(30-33-50(55)59)44-32-34-52-48(36-44)57-47-23-13-12-18-41(47)31-35-54(57)63(52)56-38-51(42-19-8-4-9-20-42)60-58(61-56)43-28-26-40(27-29-43)39-16-6-3-7-17-39/h3-38,49,53H,1-2H3. The number of rotatable bonds is 6. The average molecular weight is 809 g/mol. The molecule has 8 aromatic carbocycles. The van der Waals surface area contributed by atoms with E-state index < -0.39 is 0 Å². The van der Waals surface area contributed by atoms with Crippen LogP contribution in [0.4, 0.5) is 11.4 Å². The van der Waals surface area contributed by atoms with Gasteiger partial charge in [0.1, 0.15) is 5.82 Å². The van der Waals surface area contributed by atoms with E-state index in [-0.39, 0.29) is 11.5 Å². The van der Waals surface area contributed by atoms with Crippen LogP contribution in [0.1, 0.15) is 19.4 Å². The van der Waals surface area contributed by atoms with Gasteiger partial charge in [-0.25, -0.2) is 9.97 Å². The van der Waals surface area contributed by atoms with Gasteiger partial charge in [-0.1, -0.05) is 190 Å². The third-order valence-electron chi connectivity index (χ3n) is 13.5. The second-order valence-electron chi connectivity index (χ2n) is 17.4. The van der Waals surface area contributed by atoms with Gasteiger partial charge >= 0.3 is 0 Å². The van der Waals surface area contributed by atoms with Crippen LogP contribution in [0.15, 0.2) is 218 Å². The highest BCUT2D eigenvalue weighted by atomic mass is 15.2. The summed E-state index contributed by atoms with van der Waals surface area (Å²) in [6, 6.07) is 70.1. The van der Waals surface area contributed by atoms with E-state index in [0.717, 1.165) is 39.2 Å². The van der Waals surface area contributed by atoms with Crippen molar-refractivity contribution in [2.24, 2.45) is 5.92 Å². The van der Waals surface area contributed by atoms with Crippen LogP contribution in [0.2, 0.25) is 0 Å². The maximum absolute atomic E-state index is 5.40. The summed E-state index contributed by atoms with van der Waals surface area (Å²) in [5.74, 6) is 1.85. The molecule has 12 rings (SSSR count). The average Bonchev–Trinajstić information content (AvgIpc) is 3.69. The Labute approximate surface area is 367 Å². The van der Waals surface area contributed by atoms with Gasteiger partial charge in [-0.05, 0) is 75.0 Å². The van der Waals surface area contributed by atoms with Crippen LogP contribution in [0.25, 0.3) is 83.3 Å². The van der Waals surface area contributed by atoms with Crippen LogP contribution in [0.5, 0.6) is 0 Å². The number of nitrogens with zero attached hydrogens (tertiary/aromatic N) is 4. The summed E-state index contributed by atoms with van der Waals surface area (Å²) in [5.41, 5.74) is 13.6. The van der Waals surface area contributed by atoms with Gasteiger partial charge in [-0.2, -0.15) is 0 Å². The maximum Gasteiger partial charge on any atom is 0.162 e. The fourth-order valence-corrected chi connectivity index (χ4v) is 10.3. The van der Waals surface area contributed by atoms with Crippen molar-refractivity contribution in [1.82, 2.24) is 14.5 Å². The molecular weight excluding hydrogens is 765 g/mol. The van der Waals surface area contributed by atoms with E-state index in [1.54, 1.807) is 0 Å². The molecule has 0 saturated heterocycles. The summed E-state index contributed by atoms with van der Waals surface area (Å²) in [6.07, 6.45) is 9.20. The first-order valence-electron chi connectivity index (χ1n) is 21.9. The lowest BCUT2D eigenvalue weighted by Gasteiger charge is -2.51. The van der Waals surface area contributed by atoms with Crippen molar-refractivity contribution in [3.05, 3.63) is 224 Å². The van der Waals surface area contributed by atoms with Gasteiger partial charge in [-0.15, -0.1) is 0 Å². The van der Waals surface area contributed by atoms with Crippen molar-refractivity contribution in [2.45, 2.75) is 25.3 Å². The van der Waals surface area contributed by atoms with E-state index >= 15 is 0 Å². The zero-order valence-corrected chi connectivity index (χ0v) is 35.2. The van der Waals surface area contributed by atoms with Crippen molar-refractivity contribution in [2.75, 3.05) is 4.90 Å². The van der Waals surface area contributed by atoms with Gasteiger partial charge in [0.05, 0.1) is 22.8 Å². The molecule has 10 aromatic rings. The Kier molecular flexibility index (Phi) is 8.62. The molecule has 0 fully saturated rings. The van der Waals surface area contributed by atoms with Crippen LogP contribution in [-0.2, 0) is 5.41 Å². The lowest BCUT2D eigenvalue weighted by atomic mass is 9.65. The maximum atomic E-state index is 5.40. The molecule has 1 aliphatic carbocycles. The second kappa shape index (κ2) is 14.7. The summed E-state index contributed by atoms with van der Waals surface area (Å²) in [4.78, 5) is 13.2. The van der Waals surface area contributed by atoms with Crippen LogP contribution in [-0.4, -0.2) is 20.6 Å². The topological polar surface area (TPSA) is 34.0 Å². The molecule has 63 heavy (non-hydrogen) atoms. The summed E-state index contributed by atoms with van der Waals surface area (Å²) >= 11 is 0. The summed E-state index contributed by atoms with van der Waals surface area (Å²) in [7, 11) is 0. The first-order chi connectivity index (χ1) is 31.0. The number of anilines is 2. The smallest absolute Gasteiger partial charge is 0.162 e. The Bertz CT molecular complexity index is 3420. The van der Waals surface area contributed by atoms with Crippen molar-refractivity contribution in [3.63, 3.8) is 0 Å². The number of para-hydroxylation sites is 1. The normalized spacial score (nSPS) is 16.4. The van der Waals surface area contributed by atoms with Gasteiger partial charge in [0.2, 0.25) is 0 Å². The number of hydrogen-bond acceptors (Lipinski definition) is 3. The number of aromatic nitrogens is 3. The van der Waals surface area contributed by atoms with E-state index in [4.69, 9.17) is 9.97 Å². The Morgan fingerprint density at radius 2 is 1.10 bits per heavy atom. The molecule has 2 unspecified atom stereocenters. The summed E-state index contributed by atoms with van der Waals surface area (Å²) in [6.45, 7) is 4.81. The molecule has 2 aromatic heterocycles. The molecule has 0 N–H and O–H groups in total. The highest BCUT2D eigenvalue weighted by Crippen LogP contribution is 2.52.